The summed E-state index contributed by atoms with van der Waals surface area (Å²) in [6.45, 7) is 2.13. The Labute approximate surface area is 157 Å². The number of nitrogens with zero attached hydrogens (tertiary/aromatic N) is 5. The van der Waals surface area contributed by atoms with Gasteiger partial charge in [-0.3, -0.25) is 9.79 Å². The van der Waals surface area contributed by atoms with Crippen LogP contribution >= 0.6 is 0 Å². The molecule has 0 radical (unpaired) electrons. The van der Waals surface area contributed by atoms with Crippen LogP contribution in [0.4, 0.5) is 0 Å². The van der Waals surface area contributed by atoms with Crippen molar-refractivity contribution < 1.29 is 14.3 Å². The van der Waals surface area contributed by atoms with Crippen LogP contribution in [-0.4, -0.2) is 72.2 Å². The maximum Gasteiger partial charge on any atom is 0.274 e. The zero-order valence-electron chi connectivity index (χ0n) is 15.3. The van der Waals surface area contributed by atoms with E-state index in [0.717, 1.165) is 0 Å². The number of allylic oxidation sites excluding steroid dienone is 1. The van der Waals surface area contributed by atoms with Gasteiger partial charge in [-0.15, -0.1) is 0 Å². The van der Waals surface area contributed by atoms with E-state index in [4.69, 9.17) is 15.2 Å². The number of methoxy groups -OCH3 is 1. The molecule has 3 heterocycles. The average molecular weight is 370 g/mol. The van der Waals surface area contributed by atoms with Gasteiger partial charge in [-0.05, 0) is 18.2 Å². The molecule has 27 heavy (non-hydrogen) atoms. The Bertz CT molecular complexity index is 850. The highest BCUT2D eigenvalue weighted by molar-refractivity contribution is 5.94. The summed E-state index contributed by atoms with van der Waals surface area (Å²) in [6, 6.07) is 5.20. The maximum absolute atomic E-state index is 12.8. The van der Waals surface area contributed by atoms with Crippen molar-refractivity contribution in [1.82, 2.24) is 19.7 Å². The fourth-order valence-corrected chi connectivity index (χ4v) is 2.68. The van der Waals surface area contributed by atoms with E-state index in [1.807, 2.05) is 0 Å². The van der Waals surface area contributed by atoms with Crippen molar-refractivity contribution in [1.29, 1.82) is 0 Å². The first-order valence-electron chi connectivity index (χ1n) is 8.50. The largest absolute Gasteiger partial charge is 0.481 e. The standard InChI is InChI=1S/C18H22N6O3/c1-20-6-5-14(19)16-11-15(18(25)23-7-9-27-10-8-23)22-24(16)13-3-4-17(26-2)21-12-13/h3-6,11-12H,7-10,19H2,1-2H3. The highest BCUT2D eigenvalue weighted by atomic mass is 16.5. The quantitative estimate of drug-likeness (QED) is 0.778. The molecule has 142 valence electrons. The molecule has 0 saturated carbocycles. The van der Waals surface area contributed by atoms with Gasteiger partial charge in [0.15, 0.2) is 5.69 Å². The van der Waals surface area contributed by atoms with Crippen LogP contribution < -0.4 is 10.5 Å². The number of aromatic nitrogens is 3. The summed E-state index contributed by atoms with van der Waals surface area (Å²) in [6.07, 6.45) is 4.86. The molecule has 0 unspecified atom stereocenters. The van der Waals surface area contributed by atoms with Crippen molar-refractivity contribution in [2.45, 2.75) is 0 Å². The third-order valence-corrected chi connectivity index (χ3v) is 4.10. The van der Waals surface area contributed by atoms with Gasteiger partial charge in [0.1, 0.15) is 0 Å². The zero-order valence-corrected chi connectivity index (χ0v) is 15.3. The maximum atomic E-state index is 12.8. The highest BCUT2D eigenvalue weighted by Gasteiger charge is 2.23. The van der Waals surface area contributed by atoms with Gasteiger partial charge in [-0.25, -0.2) is 9.67 Å². The lowest BCUT2D eigenvalue weighted by Gasteiger charge is -2.25. The lowest BCUT2D eigenvalue weighted by Crippen LogP contribution is -2.40. The molecule has 1 aliphatic heterocycles. The molecular weight excluding hydrogens is 348 g/mol. The topological polar surface area (TPSA) is 108 Å². The molecule has 0 aromatic carbocycles. The number of hydrogen-bond donors (Lipinski definition) is 1. The lowest BCUT2D eigenvalue weighted by molar-refractivity contribution is 0.0298. The Balaban J connectivity index is 2.01. The molecule has 1 amide bonds. The molecule has 0 atom stereocenters. The smallest absolute Gasteiger partial charge is 0.274 e. The molecule has 1 aliphatic rings. The second-order valence-corrected chi connectivity index (χ2v) is 5.82. The molecule has 9 nitrogen and oxygen atoms in total. The van der Waals surface area contributed by atoms with Gasteiger partial charge < -0.3 is 20.1 Å². The fraction of sp³-hybridized carbons (Fsp3) is 0.333. The van der Waals surface area contributed by atoms with Crippen molar-refractivity contribution in [3.63, 3.8) is 0 Å². The van der Waals surface area contributed by atoms with E-state index in [0.29, 0.717) is 55.0 Å². The molecule has 3 rings (SSSR count). The summed E-state index contributed by atoms with van der Waals surface area (Å²) in [4.78, 5) is 22.6. The van der Waals surface area contributed by atoms with Crippen LogP contribution in [0.2, 0.25) is 0 Å². The summed E-state index contributed by atoms with van der Waals surface area (Å²) in [5.41, 5.74) is 8.18. The fourth-order valence-electron chi connectivity index (χ4n) is 2.68. The van der Waals surface area contributed by atoms with E-state index < -0.39 is 0 Å². The molecule has 1 saturated heterocycles. The minimum atomic E-state index is -0.156. The molecule has 0 spiro atoms. The van der Waals surface area contributed by atoms with E-state index in [1.54, 1.807) is 60.4 Å². The van der Waals surface area contributed by atoms with Gasteiger partial charge in [0.05, 0.1) is 43.6 Å². The Morgan fingerprint density at radius 2 is 2.15 bits per heavy atom. The number of ether oxygens (including phenoxy) is 2. The lowest BCUT2D eigenvalue weighted by atomic mass is 10.2. The summed E-state index contributed by atoms with van der Waals surface area (Å²) < 4.78 is 12.0. The Morgan fingerprint density at radius 1 is 1.37 bits per heavy atom. The number of morpholine rings is 1. The minimum absolute atomic E-state index is 0.156. The van der Waals surface area contributed by atoms with Gasteiger partial charge in [-0.1, -0.05) is 0 Å². The van der Waals surface area contributed by atoms with Gasteiger partial charge in [0.25, 0.3) is 5.91 Å². The van der Waals surface area contributed by atoms with Gasteiger partial charge in [0, 0.05) is 32.4 Å². The van der Waals surface area contributed by atoms with E-state index in [2.05, 4.69) is 15.1 Å². The number of pyridine rings is 1. The molecule has 2 N–H and O–H groups in total. The van der Waals surface area contributed by atoms with Crippen LogP contribution in [-0.2, 0) is 4.74 Å². The van der Waals surface area contributed by atoms with E-state index in [-0.39, 0.29) is 5.91 Å². The number of nitrogens with two attached hydrogens (primary N) is 1. The van der Waals surface area contributed by atoms with Gasteiger partial charge >= 0.3 is 0 Å². The summed E-state index contributed by atoms with van der Waals surface area (Å²) in [5, 5.41) is 4.48. The third kappa shape index (κ3) is 4.14. The molecule has 0 aliphatic carbocycles. The number of hydrogen-bond acceptors (Lipinski definition) is 7. The van der Waals surface area contributed by atoms with E-state index >= 15 is 0 Å². The molecular formula is C18H22N6O3. The van der Waals surface area contributed by atoms with E-state index in [1.165, 1.54) is 0 Å². The number of rotatable bonds is 5. The Hall–Kier alpha value is -3.20. The first-order valence-corrected chi connectivity index (χ1v) is 8.50. The normalized spacial score (nSPS) is 15.3. The second kappa shape index (κ2) is 8.45. The van der Waals surface area contributed by atoms with Crippen LogP contribution in [0.25, 0.3) is 11.4 Å². The Kier molecular flexibility index (Phi) is 5.82. The molecule has 1 fully saturated rings. The average Bonchev–Trinajstić information content (AvgIpc) is 3.17. The summed E-state index contributed by atoms with van der Waals surface area (Å²) in [7, 11) is 3.20. The highest BCUT2D eigenvalue weighted by Crippen LogP contribution is 2.19. The Morgan fingerprint density at radius 3 is 2.78 bits per heavy atom. The minimum Gasteiger partial charge on any atom is -0.481 e. The first-order chi connectivity index (χ1) is 13.1. The number of carbonyl (C=O) groups is 1. The second-order valence-electron chi connectivity index (χ2n) is 5.82. The van der Waals surface area contributed by atoms with Gasteiger partial charge in [0.2, 0.25) is 5.88 Å². The molecule has 9 heteroatoms. The van der Waals surface area contributed by atoms with Crippen molar-refractivity contribution >= 4 is 17.8 Å². The molecule has 2 aromatic rings. The first kappa shape index (κ1) is 18.6. The summed E-state index contributed by atoms with van der Waals surface area (Å²) in [5.74, 6) is 0.329. The van der Waals surface area contributed by atoms with Crippen molar-refractivity contribution in [3.8, 4) is 11.6 Å². The molecule has 0 bridgehead atoms. The van der Waals surface area contributed by atoms with E-state index in [9.17, 15) is 4.79 Å². The number of carbonyl (C=O) groups excluding carboxylic acids is 1. The molecule has 2 aromatic heterocycles. The van der Waals surface area contributed by atoms with Crippen molar-refractivity contribution in [2.75, 3.05) is 40.5 Å². The predicted molar refractivity (Wildman–Crippen MR) is 101 cm³/mol. The number of amides is 1. The van der Waals surface area contributed by atoms with Crippen LogP contribution in [0.15, 0.2) is 35.5 Å². The van der Waals surface area contributed by atoms with Crippen molar-refractivity contribution in [2.24, 2.45) is 10.7 Å². The van der Waals surface area contributed by atoms with Crippen molar-refractivity contribution in [3.05, 3.63) is 41.9 Å². The van der Waals surface area contributed by atoms with Crippen LogP contribution in [0.5, 0.6) is 5.88 Å². The van der Waals surface area contributed by atoms with Crippen LogP contribution in [0, 0.1) is 0 Å². The monoisotopic (exact) mass is 370 g/mol. The third-order valence-electron chi connectivity index (χ3n) is 4.10. The number of aliphatic imine (C=N–C) groups is 1. The zero-order chi connectivity index (χ0) is 19.2. The van der Waals surface area contributed by atoms with Gasteiger partial charge in [-0.2, -0.15) is 5.10 Å². The SMILES string of the molecule is CN=CC=C(N)c1cc(C(=O)N2CCOCC2)nn1-c1ccc(OC)nc1. The summed E-state index contributed by atoms with van der Waals surface area (Å²) >= 11 is 0. The van der Waals surface area contributed by atoms with Crippen LogP contribution in [0.1, 0.15) is 16.2 Å². The predicted octanol–water partition coefficient (Wildman–Crippen LogP) is 0.749. The van der Waals surface area contributed by atoms with Crippen LogP contribution in [0.3, 0.4) is 0 Å².